The van der Waals surface area contributed by atoms with Crippen molar-refractivity contribution < 1.29 is 18.3 Å². The maximum absolute atomic E-state index is 13.6. The molecule has 0 aromatic heterocycles. The van der Waals surface area contributed by atoms with E-state index in [1.165, 1.54) is 12.1 Å². The number of halogens is 2. The third-order valence-corrected chi connectivity index (χ3v) is 4.34. The van der Waals surface area contributed by atoms with Gasteiger partial charge in [-0.15, -0.1) is 0 Å². The molecule has 24 heavy (non-hydrogen) atoms. The van der Waals surface area contributed by atoms with Crippen molar-refractivity contribution in [3.8, 4) is 0 Å². The van der Waals surface area contributed by atoms with Gasteiger partial charge < -0.3 is 9.64 Å². The number of rotatable bonds is 4. The molecular weight excluding hydrogens is 312 g/mol. The molecule has 1 fully saturated rings. The summed E-state index contributed by atoms with van der Waals surface area (Å²) >= 11 is 0. The molecule has 0 unspecified atom stereocenters. The second kappa shape index (κ2) is 7.95. The van der Waals surface area contributed by atoms with Crippen LogP contribution in [-0.4, -0.2) is 29.7 Å². The molecule has 1 aromatic rings. The number of carbonyl (C=O) groups is 1. The fourth-order valence-corrected chi connectivity index (χ4v) is 3.04. The van der Waals surface area contributed by atoms with Crippen molar-refractivity contribution in [3.05, 3.63) is 35.4 Å². The summed E-state index contributed by atoms with van der Waals surface area (Å²) < 4.78 is 31.9. The standard InChI is InChI=1S/C19H27F2NO2/c1-19(2,3)24-18(23)22-11-9-14(10-12-22)5-4-6-15-7-8-16(20)13-17(15)21/h7-8,13-14H,4-6,9-12H2,1-3H3. The largest absolute Gasteiger partial charge is 0.444 e. The van der Waals surface area contributed by atoms with Crippen molar-refractivity contribution in [1.82, 2.24) is 4.90 Å². The van der Waals surface area contributed by atoms with E-state index in [9.17, 15) is 13.6 Å². The average molecular weight is 339 g/mol. The SMILES string of the molecule is CC(C)(C)OC(=O)N1CCC(CCCc2ccc(F)cc2F)CC1. The number of hydrogen-bond acceptors (Lipinski definition) is 2. The molecule has 1 saturated heterocycles. The summed E-state index contributed by atoms with van der Waals surface area (Å²) in [6, 6.07) is 3.77. The van der Waals surface area contributed by atoms with Gasteiger partial charge in [-0.05, 0) is 70.4 Å². The predicted octanol–water partition coefficient (Wildman–Crippen LogP) is 4.93. The highest BCUT2D eigenvalue weighted by Crippen LogP contribution is 2.24. The highest BCUT2D eigenvalue weighted by Gasteiger charge is 2.26. The van der Waals surface area contributed by atoms with Gasteiger partial charge in [0.25, 0.3) is 0 Å². The lowest BCUT2D eigenvalue weighted by atomic mass is 9.91. The molecule has 0 bridgehead atoms. The molecule has 2 rings (SSSR count). The van der Waals surface area contributed by atoms with Gasteiger partial charge in [-0.25, -0.2) is 13.6 Å². The van der Waals surface area contributed by atoms with Crippen molar-refractivity contribution in [2.45, 2.75) is 58.5 Å². The van der Waals surface area contributed by atoms with E-state index >= 15 is 0 Å². The molecule has 1 aliphatic rings. The van der Waals surface area contributed by atoms with Crippen LogP contribution in [0.1, 0.15) is 52.0 Å². The van der Waals surface area contributed by atoms with E-state index in [1.807, 2.05) is 20.8 Å². The summed E-state index contributed by atoms with van der Waals surface area (Å²) in [7, 11) is 0. The fourth-order valence-electron chi connectivity index (χ4n) is 3.04. The average Bonchev–Trinajstić information content (AvgIpc) is 2.48. The van der Waals surface area contributed by atoms with E-state index in [4.69, 9.17) is 4.74 Å². The number of piperidine rings is 1. The first-order valence-corrected chi connectivity index (χ1v) is 8.66. The Morgan fingerprint density at radius 2 is 1.92 bits per heavy atom. The highest BCUT2D eigenvalue weighted by atomic mass is 19.1. The lowest BCUT2D eigenvalue weighted by Crippen LogP contribution is -2.41. The summed E-state index contributed by atoms with van der Waals surface area (Å²) in [4.78, 5) is 13.8. The zero-order valence-electron chi connectivity index (χ0n) is 14.8. The molecule has 0 spiro atoms. The van der Waals surface area contributed by atoms with Crippen molar-refractivity contribution in [1.29, 1.82) is 0 Å². The van der Waals surface area contributed by atoms with Crippen LogP contribution in [0.4, 0.5) is 13.6 Å². The number of likely N-dealkylation sites (tertiary alicyclic amines) is 1. The first kappa shape index (κ1) is 18.7. The maximum Gasteiger partial charge on any atom is 0.410 e. The van der Waals surface area contributed by atoms with Gasteiger partial charge in [0, 0.05) is 19.2 Å². The molecular formula is C19H27F2NO2. The van der Waals surface area contributed by atoms with Gasteiger partial charge in [0.15, 0.2) is 0 Å². The smallest absolute Gasteiger partial charge is 0.410 e. The maximum atomic E-state index is 13.6. The fraction of sp³-hybridized carbons (Fsp3) is 0.632. The van der Waals surface area contributed by atoms with Crippen LogP contribution < -0.4 is 0 Å². The second-order valence-corrected chi connectivity index (χ2v) is 7.54. The van der Waals surface area contributed by atoms with Crippen LogP contribution in [0.2, 0.25) is 0 Å². The highest BCUT2D eigenvalue weighted by molar-refractivity contribution is 5.68. The Balaban J connectivity index is 1.70. The van der Waals surface area contributed by atoms with Crippen LogP contribution in [0.25, 0.3) is 0 Å². The number of carbonyl (C=O) groups excluding carboxylic acids is 1. The van der Waals surface area contributed by atoms with Crippen molar-refractivity contribution in [3.63, 3.8) is 0 Å². The molecule has 5 heteroatoms. The van der Waals surface area contributed by atoms with Crippen molar-refractivity contribution >= 4 is 6.09 Å². The minimum Gasteiger partial charge on any atom is -0.444 e. The van der Waals surface area contributed by atoms with Crippen molar-refractivity contribution in [2.75, 3.05) is 13.1 Å². The number of amides is 1. The number of aryl methyl sites for hydroxylation is 1. The van der Waals surface area contributed by atoms with E-state index in [0.29, 0.717) is 31.0 Å². The first-order chi connectivity index (χ1) is 11.2. The Kier molecular flexibility index (Phi) is 6.19. The summed E-state index contributed by atoms with van der Waals surface area (Å²) in [5.74, 6) is -0.451. The zero-order chi connectivity index (χ0) is 17.7. The molecule has 0 radical (unpaired) electrons. The van der Waals surface area contributed by atoms with E-state index in [-0.39, 0.29) is 6.09 Å². The van der Waals surface area contributed by atoms with Crippen LogP contribution in [0.5, 0.6) is 0 Å². The zero-order valence-corrected chi connectivity index (χ0v) is 14.8. The quantitative estimate of drug-likeness (QED) is 0.778. The molecule has 0 N–H and O–H groups in total. The summed E-state index contributed by atoms with van der Waals surface area (Å²) in [6.45, 7) is 7.03. The van der Waals surface area contributed by atoms with Gasteiger partial charge >= 0.3 is 6.09 Å². The van der Waals surface area contributed by atoms with Gasteiger partial charge in [-0.3, -0.25) is 0 Å². The predicted molar refractivity (Wildman–Crippen MR) is 89.8 cm³/mol. The topological polar surface area (TPSA) is 29.5 Å². The third kappa shape index (κ3) is 5.77. The molecule has 1 aromatic carbocycles. The van der Waals surface area contributed by atoms with Crippen LogP contribution in [0.3, 0.4) is 0 Å². The molecule has 0 atom stereocenters. The van der Waals surface area contributed by atoms with E-state index < -0.39 is 17.2 Å². The Bertz CT molecular complexity index is 561. The van der Waals surface area contributed by atoms with Crippen LogP contribution in [-0.2, 0) is 11.2 Å². The lowest BCUT2D eigenvalue weighted by Gasteiger charge is -2.33. The summed E-state index contributed by atoms with van der Waals surface area (Å²) in [6.07, 6.45) is 4.15. The number of ether oxygens (including phenoxy) is 1. The molecule has 0 saturated carbocycles. The Morgan fingerprint density at radius 3 is 2.50 bits per heavy atom. The van der Waals surface area contributed by atoms with Crippen molar-refractivity contribution in [2.24, 2.45) is 5.92 Å². The minimum atomic E-state index is -0.536. The van der Waals surface area contributed by atoms with E-state index in [1.54, 1.807) is 4.90 Å². The van der Waals surface area contributed by atoms with Gasteiger partial charge in [0.1, 0.15) is 17.2 Å². The molecule has 3 nitrogen and oxygen atoms in total. The van der Waals surface area contributed by atoms with Crippen LogP contribution >= 0.6 is 0 Å². The molecule has 1 amide bonds. The second-order valence-electron chi connectivity index (χ2n) is 7.54. The number of benzene rings is 1. The number of nitrogens with zero attached hydrogens (tertiary/aromatic N) is 1. The Labute approximate surface area is 143 Å². The normalized spacial score (nSPS) is 16.3. The van der Waals surface area contributed by atoms with Gasteiger partial charge in [0.05, 0.1) is 0 Å². The lowest BCUT2D eigenvalue weighted by molar-refractivity contribution is 0.0180. The monoisotopic (exact) mass is 339 g/mol. The van der Waals surface area contributed by atoms with Gasteiger partial charge in [-0.1, -0.05) is 6.07 Å². The summed E-state index contributed by atoms with van der Waals surface area (Å²) in [5.41, 5.74) is 0.107. The molecule has 1 heterocycles. The third-order valence-electron chi connectivity index (χ3n) is 4.34. The molecule has 134 valence electrons. The number of hydrogen-bond donors (Lipinski definition) is 0. The van der Waals surface area contributed by atoms with Crippen LogP contribution in [0, 0.1) is 17.6 Å². The van der Waals surface area contributed by atoms with Gasteiger partial charge in [0.2, 0.25) is 0 Å². The molecule has 1 aliphatic heterocycles. The van der Waals surface area contributed by atoms with Gasteiger partial charge in [-0.2, -0.15) is 0 Å². The van der Waals surface area contributed by atoms with E-state index in [2.05, 4.69) is 0 Å². The first-order valence-electron chi connectivity index (χ1n) is 8.66. The van der Waals surface area contributed by atoms with E-state index in [0.717, 1.165) is 31.7 Å². The Morgan fingerprint density at radius 1 is 1.25 bits per heavy atom. The van der Waals surface area contributed by atoms with Crippen LogP contribution in [0.15, 0.2) is 18.2 Å². The Hall–Kier alpha value is -1.65. The minimum absolute atomic E-state index is 0.241. The summed E-state index contributed by atoms with van der Waals surface area (Å²) in [5, 5.41) is 0. The molecule has 0 aliphatic carbocycles.